The topological polar surface area (TPSA) is 40.6 Å². The van der Waals surface area contributed by atoms with Gasteiger partial charge < -0.3 is 14.2 Å². The number of methoxy groups -OCH3 is 3. The Bertz CT molecular complexity index is 523. The Balaban J connectivity index is 2.46. The van der Waals surface area contributed by atoms with E-state index in [0.717, 1.165) is 22.6 Å². The highest BCUT2D eigenvalue weighted by molar-refractivity contribution is 5.71. The van der Waals surface area contributed by atoms with Gasteiger partial charge in [-0.2, -0.15) is 0 Å². The maximum absolute atomic E-state index is 5.34. The second-order valence-corrected chi connectivity index (χ2v) is 3.66. The van der Waals surface area contributed by atoms with Gasteiger partial charge in [-0.3, -0.25) is 0 Å². The molecule has 1 heterocycles. The van der Waals surface area contributed by atoms with Crippen molar-refractivity contribution >= 4 is 0 Å². The molecule has 0 aliphatic carbocycles. The summed E-state index contributed by atoms with van der Waals surface area (Å²) in [5.74, 6) is 2.14. The zero-order chi connectivity index (χ0) is 13.0. The van der Waals surface area contributed by atoms with Crippen molar-refractivity contribution in [3.63, 3.8) is 0 Å². The lowest BCUT2D eigenvalue weighted by atomic mass is 10.1. The Kier molecular flexibility index (Phi) is 3.67. The summed E-state index contributed by atoms with van der Waals surface area (Å²) >= 11 is 0. The van der Waals surface area contributed by atoms with Gasteiger partial charge in [0.2, 0.25) is 5.88 Å². The molecule has 2 aromatic rings. The highest BCUT2D eigenvalue weighted by Gasteiger charge is 2.08. The maximum Gasteiger partial charge on any atom is 0.212 e. The Morgan fingerprint density at radius 2 is 1.72 bits per heavy atom. The molecule has 0 radical (unpaired) electrons. The smallest absolute Gasteiger partial charge is 0.212 e. The normalized spacial score (nSPS) is 9.94. The summed E-state index contributed by atoms with van der Waals surface area (Å²) in [6.45, 7) is 0. The Morgan fingerprint density at radius 3 is 2.28 bits per heavy atom. The molecule has 4 nitrogen and oxygen atoms in total. The summed E-state index contributed by atoms with van der Waals surface area (Å²) in [5, 5.41) is 0. The largest absolute Gasteiger partial charge is 0.497 e. The Hall–Kier alpha value is -2.23. The molecule has 0 atom stereocenters. The Labute approximate surface area is 106 Å². The van der Waals surface area contributed by atoms with Crippen LogP contribution in [-0.4, -0.2) is 26.3 Å². The van der Waals surface area contributed by atoms with Crippen molar-refractivity contribution in [3.05, 3.63) is 36.5 Å². The maximum atomic E-state index is 5.34. The minimum atomic E-state index is 0.584. The molecule has 0 N–H and O–H groups in total. The van der Waals surface area contributed by atoms with E-state index in [1.165, 1.54) is 0 Å². The second kappa shape index (κ2) is 5.40. The SMILES string of the molecule is COc1ccc(OC)c(-c2ccc(OC)nc2)c1. The van der Waals surface area contributed by atoms with E-state index < -0.39 is 0 Å². The lowest BCUT2D eigenvalue weighted by Crippen LogP contribution is -1.92. The lowest BCUT2D eigenvalue weighted by Gasteiger charge is -2.10. The zero-order valence-electron chi connectivity index (χ0n) is 10.6. The molecule has 1 aromatic heterocycles. The first-order chi connectivity index (χ1) is 8.78. The molecule has 94 valence electrons. The van der Waals surface area contributed by atoms with Gasteiger partial charge in [0, 0.05) is 23.4 Å². The minimum absolute atomic E-state index is 0.584. The summed E-state index contributed by atoms with van der Waals surface area (Å²) in [6.07, 6.45) is 1.75. The average molecular weight is 245 g/mol. The summed E-state index contributed by atoms with van der Waals surface area (Å²) in [6, 6.07) is 9.40. The summed E-state index contributed by atoms with van der Waals surface area (Å²) in [7, 11) is 4.87. The molecular formula is C14H15NO3. The quantitative estimate of drug-likeness (QED) is 0.830. The molecule has 2 rings (SSSR count). The fraction of sp³-hybridized carbons (Fsp3) is 0.214. The van der Waals surface area contributed by atoms with Crippen LogP contribution in [0.4, 0.5) is 0 Å². The van der Waals surface area contributed by atoms with Crippen LogP contribution in [0.3, 0.4) is 0 Å². The third-order valence-corrected chi connectivity index (χ3v) is 2.66. The van der Waals surface area contributed by atoms with Crippen LogP contribution in [0.5, 0.6) is 17.4 Å². The van der Waals surface area contributed by atoms with Crippen LogP contribution in [0.2, 0.25) is 0 Å². The third-order valence-electron chi connectivity index (χ3n) is 2.66. The van der Waals surface area contributed by atoms with E-state index in [1.807, 2.05) is 30.3 Å². The van der Waals surface area contributed by atoms with Crippen LogP contribution < -0.4 is 14.2 Å². The van der Waals surface area contributed by atoms with E-state index in [9.17, 15) is 0 Å². The molecule has 0 aliphatic heterocycles. The van der Waals surface area contributed by atoms with Crippen molar-refractivity contribution in [1.29, 1.82) is 0 Å². The predicted octanol–water partition coefficient (Wildman–Crippen LogP) is 2.77. The van der Waals surface area contributed by atoms with E-state index in [2.05, 4.69) is 4.98 Å². The fourth-order valence-corrected chi connectivity index (χ4v) is 1.70. The van der Waals surface area contributed by atoms with Gasteiger partial charge in [-0.25, -0.2) is 4.98 Å². The first-order valence-electron chi connectivity index (χ1n) is 5.51. The summed E-state index contributed by atoms with van der Waals surface area (Å²) in [5.41, 5.74) is 1.89. The van der Waals surface area contributed by atoms with Gasteiger partial charge in [0.05, 0.1) is 21.3 Å². The van der Waals surface area contributed by atoms with Crippen LogP contribution >= 0.6 is 0 Å². The molecule has 18 heavy (non-hydrogen) atoms. The third kappa shape index (κ3) is 2.37. The highest BCUT2D eigenvalue weighted by atomic mass is 16.5. The van der Waals surface area contributed by atoms with Crippen molar-refractivity contribution in [3.8, 4) is 28.5 Å². The molecule has 0 aliphatic rings. The molecule has 0 amide bonds. The number of ether oxygens (including phenoxy) is 3. The van der Waals surface area contributed by atoms with Gasteiger partial charge in [-0.05, 0) is 24.3 Å². The van der Waals surface area contributed by atoms with Gasteiger partial charge in [0.1, 0.15) is 11.5 Å². The van der Waals surface area contributed by atoms with Crippen LogP contribution in [-0.2, 0) is 0 Å². The van der Waals surface area contributed by atoms with Gasteiger partial charge in [0.25, 0.3) is 0 Å². The van der Waals surface area contributed by atoms with E-state index in [4.69, 9.17) is 14.2 Å². The monoisotopic (exact) mass is 245 g/mol. The summed E-state index contributed by atoms with van der Waals surface area (Å²) < 4.78 is 15.6. The average Bonchev–Trinajstić information content (AvgIpc) is 2.46. The van der Waals surface area contributed by atoms with E-state index in [0.29, 0.717) is 5.88 Å². The van der Waals surface area contributed by atoms with Crippen molar-refractivity contribution in [2.24, 2.45) is 0 Å². The minimum Gasteiger partial charge on any atom is -0.497 e. The van der Waals surface area contributed by atoms with Crippen LogP contribution in [0.15, 0.2) is 36.5 Å². The van der Waals surface area contributed by atoms with E-state index >= 15 is 0 Å². The number of nitrogens with zero attached hydrogens (tertiary/aromatic N) is 1. The first-order valence-corrected chi connectivity index (χ1v) is 5.51. The van der Waals surface area contributed by atoms with Crippen molar-refractivity contribution in [2.45, 2.75) is 0 Å². The summed E-state index contributed by atoms with van der Waals surface area (Å²) in [4.78, 5) is 4.19. The molecule has 0 unspecified atom stereocenters. The van der Waals surface area contributed by atoms with Gasteiger partial charge in [-0.1, -0.05) is 0 Å². The van der Waals surface area contributed by atoms with Crippen LogP contribution in [0, 0.1) is 0 Å². The standard InChI is InChI=1S/C14H15NO3/c1-16-11-5-6-13(17-2)12(8-11)10-4-7-14(18-3)15-9-10/h4-9H,1-3H3. The fourth-order valence-electron chi connectivity index (χ4n) is 1.70. The van der Waals surface area contributed by atoms with Gasteiger partial charge >= 0.3 is 0 Å². The first kappa shape index (κ1) is 12.2. The van der Waals surface area contributed by atoms with Crippen LogP contribution in [0.1, 0.15) is 0 Å². The van der Waals surface area contributed by atoms with Crippen LogP contribution in [0.25, 0.3) is 11.1 Å². The molecule has 0 saturated carbocycles. The predicted molar refractivity (Wildman–Crippen MR) is 69.3 cm³/mol. The molecule has 1 aromatic carbocycles. The van der Waals surface area contributed by atoms with Crippen molar-refractivity contribution in [1.82, 2.24) is 4.98 Å². The van der Waals surface area contributed by atoms with Gasteiger partial charge in [0.15, 0.2) is 0 Å². The lowest BCUT2D eigenvalue weighted by molar-refractivity contribution is 0.397. The molecular weight excluding hydrogens is 230 g/mol. The number of aromatic nitrogens is 1. The molecule has 0 spiro atoms. The molecule has 0 bridgehead atoms. The molecule has 0 fully saturated rings. The van der Waals surface area contributed by atoms with Crippen molar-refractivity contribution in [2.75, 3.05) is 21.3 Å². The van der Waals surface area contributed by atoms with E-state index in [-0.39, 0.29) is 0 Å². The van der Waals surface area contributed by atoms with E-state index in [1.54, 1.807) is 27.5 Å². The Morgan fingerprint density at radius 1 is 0.889 bits per heavy atom. The number of benzene rings is 1. The molecule has 4 heteroatoms. The molecule has 0 saturated heterocycles. The van der Waals surface area contributed by atoms with Crippen molar-refractivity contribution < 1.29 is 14.2 Å². The number of rotatable bonds is 4. The number of pyridine rings is 1. The van der Waals surface area contributed by atoms with Gasteiger partial charge in [-0.15, -0.1) is 0 Å². The number of hydrogen-bond acceptors (Lipinski definition) is 4. The zero-order valence-corrected chi connectivity index (χ0v) is 10.6. The highest BCUT2D eigenvalue weighted by Crippen LogP contribution is 2.33. The number of hydrogen-bond donors (Lipinski definition) is 0. The second-order valence-electron chi connectivity index (χ2n) is 3.66.